The van der Waals surface area contributed by atoms with E-state index < -0.39 is 0 Å². The molecule has 0 bridgehead atoms. The fourth-order valence-electron chi connectivity index (χ4n) is 6.50. The topological polar surface area (TPSA) is 43.1 Å². The minimum absolute atomic E-state index is 0.775. The third kappa shape index (κ3) is 2.15. The first-order valence-electron chi connectivity index (χ1n) is 12.0. The van der Waals surface area contributed by atoms with Crippen molar-refractivity contribution in [3.05, 3.63) is 108 Å². The summed E-state index contributed by atoms with van der Waals surface area (Å²) >= 11 is 0. The van der Waals surface area contributed by atoms with Crippen molar-refractivity contribution in [3.63, 3.8) is 0 Å². The van der Waals surface area contributed by atoms with Gasteiger partial charge in [-0.25, -0.2) is 9.97 Å². The Balaban J connectivity index is 1.38. The van der Waals surface area contributed by atoms with Crippen molar-refractivity contribution in [1.29, 1.82) is 0 Å². The van der Waals surface area contributed by atoms with Gasteiger partial charge in [-0.05, 0) is 93.1 Å². The number of hydrogen-bond acceptors (Lipinski definition) is 3. The van der Waals surface area contributed by atoms with Gasteiger partial charge in [-0.15, -0.1) is 0 Å². The third-order valence-corrected chi connectivity index (χ3v) is 8.01. The summed E-state index contributed by atoms with van der Waals surface area (Å²) in [5.41, 5.74) is 15.2. The molecule has 2 aliphatic rings. The molecule has 0 fully saturated rings. The van der Waals surface area contributed by atoms with Crippen LogP contribution in [0.3, 0.4) is 0 Å². The van der Waals surface area contributed by atoms with E-state index >= 15 is 0 Å². The molecule has 0 aliphatic heterocycles. The van der Waals surface area contributed by atoms with E-state index in [1.807, 2.05) is 24.7 Å². The molecule has 3 aromatic carbocycles. The van der Waals surface area contributed by atoms with Gasteiger partial charge in [0.05, 0.1) is 11.0 Å². The van der Waals surface area contributed by atoms with E-state index in [1.165, 1.54) is 49.9 Å². The Kier molecular flexibility index (Phi) is 3.11. The number of benzene rings is 3. The average Bonchev–Trinajstić information content (AvgIpc) is 3.59. The molecule has 0 saturated heterocycles. The fraction of sp³-hybridized carbons (Fsp3) is 0.0645. The molecule has 0 atom stereocenters. The van der Waals surface area contributed by atoms with Crippen molar-refractivity contribution in [1.82, 2.24) is 19.4 Å². The zero-order valence-corrected chi connectivity index (χ0v) is 18.8. The molecule has 4 aromatic heterocycles. The predicted molar refractivity (Wildman–Crippen MR) is 140 cm³/mol. The summed E-state index contributed by atoms with van der Waals surface area (Å²) in [6.07, 6.45) is 7.65. The quantitative estimate of drug-likeness (QED) is 0.243. The van der Waals surface area contributed by atoms with Crippen LogP contribution in [0.1, 0.15) is 22.3 Å². The zero-order valence-electron chi connectivity index (χ0n) is 18.8. The molecule has 7 aromatic rings. The maximum Gasteiger partial charge on any atom is 0.178 e. The summed E-state index contributed by atoms with van der Waals surface area (Å²) in [5.74, 6) is 0. The first kappa shape index (κ1) is 17.8. The Morgan fingerprint density at radius 3 is 2.43 bits per heavy atom. The number of rotatable bonds is 0. The van der Waals surface area contributed by atoms with Crippen LogP contribution in [-0.2, 0) is 12.8 Å². The number of imidazole rings is 1. The lowest BCUT2D eigenvalue weighted by Gasteiger charge is -2.11. The number of nitrogens with zero attached hydrogens (tertiary/aromatic N) is 4. The second-order valence-corrected chi connectivity index (χ2v) is 9.69. The summed E-state index contributed by atoms with van der Waals surface area (Å²) in [5, 5.41) is 3.50. The average molecular weight is 447 g/mol. The van der Waals surface area contributed by atoms with Crippen molar-refractivity contribution < 1.29 is 0 Å². The molecule has 0 amide bonds. The lowest BCUT2D eigenvalue weighted by molar-refractivity contribution is 1.16. The van der Waals surface area contributed by atoms with Crippen LogP contribution in [-0.4, -0.2) is 19.4 Å². The predicted octanol–water partition coefficient (Wildman–Crippen LogP) is 6.73. The van der Waals surface area contributed by atoms with Gasteiger partial charge >= 0.3 is 0 Å². The molecule has 0 saturated carbocycles. The Bertz CT molecular complexity index is 2070. The van der Waals surface area contributed by atoms with Gasteiger partial charge in [0.15, 0.2) is 5.65 Å². The SMILES string of the molecule is c1ccc2c(c1)Cc1c-2ccc2c1Cc1cc3c(cc1-2)c1cnccc1n1c2cccnc2nc31. The highest BCUT2D eigenvalue weighted by Crippen LogP contribution is 2.48. The molecule has 0 radical (unpaired) electrons. The van der Waals surface area contributed by atoms with Crippen LogP contribution in [0.2, 0.25) is 0 Å². The standard InChI is InChI=1S/C31H18N4/c1-2-5-19-17(4-1)12-23-20(19)7-8-21-22-15-25-26(14-18(22)13-24(21)23)31-34-30-29(6-3-10-33-30)35(31)28-9-11-32-16-27(25)28/h1-11,14-16H,12-13H2. The Labute approximate surface area is 200 Å². The molecule has 4 nitrogen and oxygen atoms in total. The third-order valence-electron chi connectivity index (χ3n) is 8.01. The summed E-state index contributed by atoms with van der Waals surface area (Å²) < 4.78 is 2.24. The van der Waals surface area contributed by atoms with Crippen LogP contribution in [0.5, 0.6) is 0 Å². The molecule has 4 heteroatoms. The molecule has 0 spiro atoms. The van der Waals surface area contributed by atoms with Gasteiger partial charge in [0.1, 0.15) is 5.65 Å². The van der Waals surface area contributed by atoms with Crippen molar-refractivity contribution in [2.75, 3.05) is 0 Å². The number of aromatic nitrogens is 4. The summed E-state index contributed by atoms with van der Waals surface area (Å²) in [4.78, 5) is 14.0. The number of fused-ring (bicyclic) bond motifs is 15. The molecule has 4 heterocycles. The van der Waals surface area contributed by atoms with Crippen LogP contribution >= 0.6 is 0 Å². The smallest absolute Gasteiger partial charge is 0.178 e. The summed E-state index contributed by atoms with van der Waals surface area (Å²) in [6, 6.07) is 24.4. The van der Waals surface area contributed by atoms with E-state index in [-0.39, 0.29) is 0 Å². The first-order valence-corrected chi connectivity index (χ1v) is 12.0. The lowest BCUT2D eigenvalue weighted by Crippen LogP contribution is -1.93. The second-order valence-electron chi connectivity index (χ2n) is 9.69. The summed E-state index contributed by atoms with van der Waals surface area (Å²) in [6.45, 7) is 0. The highest BCUT2D eigenvalue weighted by molar-refractivity contribution is 6.15. The van der Waals surface area contributed by atoms with Crippen LogP contribution < -0.4 is 0 Å². The minimum Gasteiger partial charge on any atom is -0.290 e. The van der Waals surface area contributed by atoms with Crippen molar-refractivity contribution in [2.45, 2.75) is 12.8 Å². The summed E-state index contributed by atoms with van der Waals surface area (Å²) in [7, 11) is 0. The van der Waals surface area contributed by atoms with E-state index in [9.17, 15) is 0 Å². The van der Waals surface area contributed by atoms with E-state index in [0.29, 0.717) is 0 Å². The molecule has 2 aliphatic carbocycles. The highest BCUT2D eigenvalue weighted by atomic mass is 15.1. The monoisotopic (exact) mass is 446 g/mol. The van der Waals surface area contributed by atoms with E-state index in [2.05, 4.69) is 75.0 Å². The van der Waals surface area contributed by atoms with Crippen LogP contribution in [0.15, 0.2) is 85.3 Å². The van der Waals surface area contributed by atoms with Crippen LogP contribution in [0.4, 0.5) is 0 Å². The minimum atomic E-state index is 0.775. The van der Waals surface area contributed by atoms with E-state index in [1.54, 1.807) is 0 Å². The molecular formula is C31H18N4. The van der Waals surface area contributed by atoms with Crippen LogP contribution in [0, 0.1) is 0 Å². The van der Waals surface area contributed by atoms with Crippen molar-refractivity contribution in [3.8, 4) is 22.3 Å². The molecule has 0 unspecified atom stereocenters. The van der Waals surface area contributed by atoms with Crippen molar-refractivity contribution in [2.24, 2.45) is 0 Å². The molecular weight excluding hydrogens is 428 g/mol. The maximum atomic E-state index is 4.98. The Morgan fingerprint density at radius 1 is 0.629 bits per heavy atom. The Morgan fingerprint density at radius 2 is 1.49 bits per heavy atom. The largest absolute Gasteiger partial charge is 0.290 e. The van der Waals surface area contributed by atoms with Crippen molar-refractivity contribution >= 4 is 38.5 Å². The fourth-order valence-corrected chi connectivity index (χ4v) is 6.50. The van der Waals surface area contributed by atoms with Crippen LogP contribution in [0.25, 0.3) is 60.7 Å². The maximum absolute atomic E-state index is 4.98. The van der Waals surface area contributed by atoms with Gasteiger partial charge in [0.2, 0.25) is 0 Å². The lowest BCUT2D eigenvalue weighted by atomic mass is 9.96. The zero-order chi connectivity index (χ0) is 22.7. The first-order chi connectivity index (χ1) is 17.3. The Hall–Kier alpha value is -4.57. The van der Waals surface area contributed by atoms with Gasteiger partial charge in [0, 0.05) is 29.4 Å². The van der Waals surface area contributed by atoms with Gasteiger partial charge < -0.3 is 0 Å². The van der Waals surface area contributed by atoms with E-state index in [4.69, 9.17) is 4.98 Å². The molecule has 0 N–H and O–H groups in total. The number of pyridine rings is 3. The van der Waals surface area contributed by atoms with E-state index in [0.717, 1.165) is 45.9 Å². The molecule has 35 heavy (non-hydrogen) atoms. The highest BCUT2D eigenvalue weighted by Gasteiger charge is 2.28. The molecule has 162 valence electrons. The normalized spacial score (nSPS) is 13.5. The van der Waals surface area contributed by atoms with Gasteiger partial charge in [0.25, 0.3) is 0 Å². The van der Waals surface area contributed by atoms with Gasteiger partial charge in [-0.1, -0.05) is 36.4 Å². The number of hydrogen-bond donors (Lipinski definition) is 0. The second kappa shape index (κ2) is 6.10. The van der Waals surface area contributed by atoms with Gasteiger partial charge in [-0.3, -0.25) is 9.38 Å². The molecule has 9 rings (SSSR count). The van der Waals surface area contributed by atoms with Gasteiger partial charge in [-0.2, -0.15) is 0 Å².